The molecule has 2 rings (SSSR count). The minimum atomic E-state index is -0.920. The summed E-state index contributed by atoms with van der Waals surface area (Å²) < 4.78 is 0. The highest BCUT2D eigenvalue weighted by Crippen LogP contribution is 2.34. The third kappa shape index (κ3) is 3.22. The molecule has 18 heavy (non-hydrogen) atoms. The predicted octanol–water partition coefficient (Wildman–Crippen LogP) is 3.08. The van der Waals surface area contributed by atoms with E-state index < -0.39 is 5.97 Å². The lowest BCUT2D eigenvalue weighted by molar-refractivity contribution is 0.0695. The van der Waals surface area contributed by atoms with Gasteiger partial charge in [0.2, 0.25) is 0 Å². The van der Waals surface area contributed by atoms with Gasteiger partial charge in [0.15, 0.2) is 0 Å². The quantitative estimate of drug-likeness (QED) is 0.812. The van der Waals surface area contributed by atoms with Gasteiger partial charge in [-0.3, -0.25) is 0 Å². The highest BCUT2D eigenvalue weighted by molar-refractivity contribution is 5.89. The number of hydrogen-bond acceptors (Lipinski definition) is 3. The molecule has 1 atom stereocenters. The van der Waals surface area contributed by atoms with Gasteiger partial charge in [-0.1, -0.05) is 19.8 Å². The van der Waals surface area contributed by atoms with Gasteiger partial charge < -0.3 is 10.4 Å². The van der Waals surface area contributed by atoms with Crippen LogP contribution in [-0.4, -0.2) is 22.1 Å². The van der Waals surface area contributed by atoms with Crippen LogP contribution in [0, 0.1) is 12.8 Å². The van der Waals surface area contributed by atoms with Gasteiger partial charge >= 0.3 is 5.97 Å². The number of aromatic carboxylic acids is 1. The Morgan fingerprint density at radius 2 is 2.28 bits per heavy atom. The zero-order valence-electron chi connectivity index (χ0n) is 10.9. The van der Waals surface area contributed by atoms with E-state index in [1.54, 1.807) is 19.1 Å². The number of anilines is 1. The molecule has 98 valence electrons. The summed E-state index contributed by atoms with van der Waals surface area (Å²) in [5, 5.41) is 12.4. The predicted molar refractivity (Wildman–Crippen MR) is 71.0 cm³/mol. The van der Waals surface area contributed by atoms with Crippen molar-refractivity contribution >= 4 is 11.8 Å². The van der Waals surface area contributed by atoms with Crippen LogP contribution in [0.3, 0.4) is 0 Å². The maximum Gasteiger partial charge on any atom is 0.337 e. The van der Waals surface area contributed by atoms with Gasteiger partial charge in [0, 0.05) is 6.04 Å². The summed E-state index contributed by atoms with van der Waals surface area (Å²) in [5.41, 5.74) is 0.838. The van der Waals surface area contributed by atoms with Crippen molar-refractivity contribution in [2.24, 2.45) is 5.92 Å². The highest BCUT2D eigenvalue weighted by atomic mass is 16.4. The van der Waals surface area contributed by atoms with Crippen LogP contribution in [0.25, 0.3) is 0 Å². The molecule has 0 spiro atoms. The average Bonchev–Trinajstić information content (AvgIpc) is 3.11. The van der Waals surface area contributed by atoms with Crippen molar-refractivity contribution in [3.63, 3.8) is 0 Å². The smallest absolute Gasteiger partial charge is 0.337 e. The Kier molecular flexibility index (Phi) is 3.84. The molecule has 1 saturated carbocycles. The van der Waals surface area contributed by atoms with E-state index >= 15 is 0 Å². The molecular formula is C14H20N2O2. The molecule has 1 aliphatic carbocycles. The van der Waals surface area contributed by atoms with Crippen LogP contribution >= 0.6 is 0 Å². The third-order valence-electron chi connectivity index (χ3n) is 3.48. The Morgan fingerprint density at radius 1 is 1.56 bits per heavy atom. The number of aromatic nitrogens is 1. The molecular weight excluding hydrogens is 228 g/mol. The second-order valence-electron chi connectivity index (χ2n) is 5.06. The first kappa shape index (κ1) is 12.9. The van der Waals surface area contributed by atoms with E-state index in [-0.39, 0.29) is 5.56 Å². The Labute approximate surface area is 107 Å². The van der Waals surface area contributed by atoms with Crippen molar-refractivity contribution in [3.8, 4) is 0 Å². The molecule has 1 unspecified atom stereocenters. The summed E-state index contributed by atoms with van der Waals surface area (Å²) in [7, 11) is 0. The molecule has 1 aliphatic rings. The number of carboxylic acid groups (broad SMARTS) is 1. The van der Waals surface area contributed by atoms with Gasteiger partial charge in [-0.15, -0.1) is 0 Å². The van der Waals surface area contributed by atoms with Crippen LogP contribution in [-0.2, 0) is 0 Å². The van der Waals surface area contributed by atoms with E-state index in [9.17, 15) is 4.79 Å². The molecule has 0 bridgehead atoms. The summed E-state index contributed by atoms with van der Waals surface area (Å²) in [6, 6.07) is 3.82. The fourth-order valence-electron chi connectivity index (χ4n) is 2.16. The summed E-state index contributed by atoms with van der Waals surface area (Å²) >= 11 is 0. The normalized spacial score (nSPS) is 16.3. The van der Waals surface area contributed by atoms with Gasteiger partial charge in [0.1, 0.15) is 5.82 Å². The summed E-state index contributed by atoms with van der Waals surface area (Å²) in [6.45, 7) is 3.90. The number of aryl methyl sites for hydroxylation is 1. The minimum Gasteiger partial charge on any atom is -0.478 e. The molecule has 4 nitrogen and oxygen atoms in total. The first-order valence-corrected chi connectivity index (χ1v) is 6.57. The zero-order chi connectivity index (χ0) is 13.1. The Balaban J connectivity index is 2.03. The number of rotatable bonds is 6. The van der Waals surface area contributed by atoms with Crippen molar-refractivity contribution in [2.45, 2.75) is 45.6 Å². The molecule has 1 aromatic rings. The Bertz CT molecular complexity index is 441. The third-order valence-corrected chi connectivity index (χ3v) is 3.48. The van der Waals surface area contributed by atoms with Crippen LogP contribution in [0.5, 0.6) is 0 Å². The van der Waals surface area contributed by atoms with E-state index in [4.69, 9.17) is 5.11 Å². The van der Waals surface area contributed by atoms with Crippen molar-refractivity contribution in [1.82, 2.24) is 4.98 Å². The van der Waals surface area contributed by atoms with Crippen LogP contribution in [0.2, 0.25) is 0 Å². The SMILES string of the molecule is CCC(CC1CC1)Nc1ccc(C(=O)O)c(C)n1. The van der Waals surface area contributed by atoms with Crippen LogP contribution < -0.4 is 5.32 Å². The van der Waals surface area contributed by atoms with Gasteiger partial charge in [-0.25, -0.2) is 9.78 Å². The summed E-state index contributed by atoms with van der Waals surface area (Å²) in [4.78, 5) is 15.2. The van der Waals surface area contributed by atoms with Crippen molar-refractivity contribution < 1.29 is 9.90 Å². The van der Waals surface area contributed by atoms with Crippen molar-refractivity contribution in [1.29, 1.82) is 0 Å². The topological polar surface area (TPSA) is 62.2 Å². The second kappa shape index (κ2) is 5.38. The van der Waals surface area contributed by atoms with Gasteiger partial charge in [0.25, 0.3) is 0 Å². The largest absolute Gasteiger partial charge is 0.478 e. The van der Waals surface area contributed by atoms with Crippen molar-refractivity contribution in [2.75, 3.05) is 5.32 Å². The number of pyridine rings is 1. The van der Waals surface area contributed by atoms with Gasteiger partial charge in [0.05, 0.1) is 11.3 Å². The van der Waals surface area contributed by atoms with Crippen LogP contribution in [0.4, 0.5) is 5.82 Å². The van der Waals surface area contributed by atoms with Crippen LogP contribution in [0.1, 0.15) is 48.7 Å². The molecule has 2 N–H and O–H groups in total. The zero-order valence-corrected chi connectivity index (χ0v) is 10.9. The van der Waals surface area contributed by atoms with E-state index in [0.29, 0.717) is 11.7 Å². The lowest BCUT2D eigenvalue weighted by atomic mass is 10.1. The number of nitrogens with zero attached hydrogens (tertiary/aromatic N) is 1. The molecule has 0 saturated heterocycles. The molecule has 4 heteroatoms. The minimum absolute atomic E-state index is 0.274. The fraction of sp³-hybridized carbons (Fsp3) is 0.571. The molecule has 0 aliphatic heterocycles. The second-order valence-corrected chi connectivity index (χ2v) is 5.06. The lowest BCUT2D eigenvalue weighted by Gasteiger charge is -2.17. The number of hydrogen-bond donors (Lipinski definition) is 2. The van der Waals surface area contributed by atoms with Gasteiger partial charge in [-0.2, -0.15) is 0 Å². The van der Waals surface area contributed by atoms with Crippen LogP contribution in [0.15, 0.2) is 12.1 Å². The van der Waals surface area contributed by atoms with E-state index in [2.05, 4.69) is 17.2 Å². The molecule has 1 heterocycles. The van der Waals surface area contributed by atoms with E-state index in [1.165, 1.54) is 19.3 Å². The Morgan fingerprint density at radius 3 is 2.78 bits per heavy atom. The maximum atomic E-state index is 10.9. The first-order chi connectivity index (χ1) is 8.60. The number of nitrogens with one attached hydrogen (secondary N) is 1. The Hall–Kier alpha value is -1.58. The number of carbonyl (C=O) groups is 1. The molecule has 0 aromatic carbocycles. The standard InChI is InChI=1S/C14H20N2O2/c1-3-11(8-10-4-5-10)16-13-7-6-12(14(17)18)9(2)15-13/h6-7,10-11H,3-5,8H2,1-2H3,(H,15,16)(H,17,18). The number of carboxylic acids is 1. The van der Waals surface area contributed by atoms with E-state index in [0.717, 1.165) is 18.2 Å². The molecule has 0 radical (unpaired) electrons. The lowest BCUT2D eigenvalue weighted by Crippen LogP contribution is -2.20. The summed E-state index contributed by atoms with van der Waals surface area (Å²) in [6.07, 6.45) is 4.96. The highest BCUT2D eigenvalue weighted by Gasteiger charge is 2.24. The van der Waals surface area contributed by atoms with E-state index in [1.807, 2.05) is 0 Å². The molecule has 1 fully saturated rings. The molecule has 1 aromatic heterocycles. The summed E-state index contributed by atoms with van der Waals surface area (Å²) in [5.74, 6) is 0.739. The van der Waals surface area contributed by atoms with Crippen molar-refractivity contribution in [3.05, 3.63) is 23.4 Å². The molecule has 0 amide bonds. The average molecular weight is 248 g/mol. The van der Waals surface area contributed by atoms with Gasteiger partial charge in [-0.05, 0) is 37.8 Å². The monoisotopic (exact) mass is 248 g/mol. The first-order valence-electron chi connectivity index (χ1n) is 6.57. The fourth-order valence-corrected chi connectivity index (χ4v) is 2.16. The maximum absolute atomic E-state index is 10.9.